The minimum absolute atomic E-state index is 0.231. The summed E-state index contributed by atoms with van der Waals surface area (Å²) in [5.41, 5.74) is 5.21. The molecule has 0 aliphatic carbocycles. The Hall–Kier alpha value is -3.05. The summed E-state index contributed by atoms with van der Waals surface area (Å²) in [5, 5.41) is 4.05. The van der Waals surface area contributed by atoms with E-state index in [0.717, 1.165) is 17.1 Å². The molecule has 4 nitrogen and oxygen atoms in total. The van der Waals surface area contributed by atoms with Crippen molar-refractivity contribution in [2.75, 3.05) is 6.61 Å². The third-order valence-electron chi connectivity index (χ3n) is 4.21. The molecule has 3 aromatic rings. The Morgan fingerprint density at radius 2 is 1.70 bits per heavy atom. The van der Waals surface area contributed by atoms with Gasteiger partial charge in [-0.25, -0.2) is 5.43 Å². The van der Waals surface area contributed by atoms with Crippen molar-refractivity contribution in [2.45, 2.75) is 24.5 Å². The van der Waals surface area contributed by atoms with Crippen LogP contribution in [0.5, 0.6) is 5.75 Å². The lowest BCUT2D eigenvalue weighted by Crippen LogP contribution is -2.17. The highest BCUT2D eigenvalue weighted by molar-refractivity contribution is 7.98. The maximum absolute atomic E-state index is 12.3. The molecule has 3 aromatic carbocycles. The summed E-state index contributed by atoms with van der Waals surface area (Å²) in [7, 11) is 0. The van der Waals surface area contributed by atoms with Crippen LogP contribution in [0.2, 0.25) is 0 Å². The van der Waals surface area contributed by atoms with E-state index >= 15 is 0 Å². The number of nitrogens with zero attached hydrogens (tertiary/aromatic N) is 1. The van der Waals surface area contributed by atoms with Gasteiger partial charge in [-0.15, -0.1) is 11.8 Å². The highest BCUT2D eigenvalue weighted by Crippen LogP contribution is 2.22. The van der Waals surface area contributed by atoms with Gasteiger partial charge < -0.3 is 4.74 Å². The molecule has 154 valence electrons. The van der Waals surface area contributed by atoms with Crippen LogP contribution in [-0.2, 0) is 5.75 Å². The number of nitrogens with one attached hydrogen (secondary N) is 1. The maximum atomic E-state index is 12.3. The van der Waals surface area contributed by atoms with Crippen LogP contribution >= 0.6 is 11.8 Å². The minimum Gasteiger partial charge on any atom is -0.493 e. The maximum Gasteiger partial charge on any atom is 0.271 e. The van der Waals surface area contributed by atoms with Crippen molar-refractivity contribution >= 4 is 23.9 Å². The number of rotatable bonds is 9. The largest absolute Gasteiger partial charge is 0.493 e. The van der Waals surface area contributed by atoms with Crippen LogP contribution in [0.25, 0.3) is 0 Å². The fraction of sp³-hybridized carbons (Fsp3) is 0.200. The van der Waals surface area contributed by atoms with E-state index in [0.29, 0.717) is 18.1 Å². The topological polar surface area (TPSA) is 50.7 Å². The van der Waals surface area contributed by atoms with E-state index in [1.54, 1.807) is 18.0 Å². The normalized spacial score (nSPS) is 11.0. The Kier molecular flexibility index (Phi) is 8.10. The Morgan fingerprint density at radius 3 is 2.37 bits per heavy atom. The second-order valence-electron chi connectivity index (χ2n) is 7.27. The molecular formula is C25H26N2O2S. The van der Waals surface area contributed by atoms with Gasteiger partial charge in [0, 0.05) is 16.2 Å². The molecule has 0 bridgehead atoms. The molecule has 1 amide bonds. The van der Waals surface area contributed by atoms with Gasteiger partial charge in [0.2, 0.25) is 0 Å². The number of benzene rings is 3. The second-order valence-corrected chi connectivity index (χ2v) is 8.32. The van der Waals surface area contributed by atoms with Crippen molar-refractivity contribution in [3.63, 3.8) is 0 Å². The predicted molar refractivity (Wildman–Crippen MR) is 124 cm³/mol. The number of carbonyl (C=O) groups excluding carboxylic acids is 1. The van der Waals surface area contributed by atoms with Gasteiger partial charge in [-0.3, -0.25) is 4.79 Å². The lowest BCUT2D eigenvalue weighted by atomic mass is 10.1. The first-order valence-electron chi connectivity index (χ1n) is 9.93. The minimum atomic E-state index is -0.231. The monoisotopic (exact) mass is 418 g/mol. The summed E-state index contributed by atoms with van der Waals surface area (Å²) in [5.74, 6) is 1.94. The predicted octanol–water partition coefficient (Wildman–Crippen LogP) is 5.78. The zero-order valence-corrected chi connectivity index (χ0v) is 18.1. The molecule has 0 radical (unpaired) electrons. The number of ether oxygens (including phenoxy) is 1. The van der Waals surface area contributed by atoms with Gasteiger partial charge in [0.15, 0.2) is 0 Å². The average Bonchev–Trinajstić information content (AvgIpc) is 2.78. The van der Waals surface area contributed by atoms with Crippen molar-refractivity contribution in [1.82, 2.24) is 5.43 Å². The van der Waals surface area contributed by atoms with Gasteiger partial charge in [0.25, 0.3) is 5.91 Å². The molecule has 30 heavy (non-hydrogen) atoms. The molecule has 0 aromatic heterocycles. The Bertz CT molecular complexity index is 953. The van der Waals surface area contributed by atoms with Crippen LogP contribution in [0, 0.1) is 5.92 Å². The fourth-order valence-electron chi connectivity index (χ4n) is 2.58. The first-order valence-corrected chi connectivity index (χ1v) is 10.9. The van der Waals surface area contributed by atoms with E-state index in [-0.39, 0.29) is 5.91 Å². The molecular weight excluding hydrogens is 392 g/mol. The average molecular weight is 419 g/mol. The van der Waals surface area contributed by atoms with Gasteiger partial charge in [0.05, 0.1) is 12.8 Å². The summed E-state index contributed by atoms with van der Waals surface area (Å²) >= 11 is 1.77. The smallest absolute Gasteiger partial charge is 0.271 e. The van der Waals surface area contributed by atoms with E-state index in [4.69, 9.17) is 4.74 Å². The standard InChI is InChI=1S/C25H26N2O2S/c1-19(2)17-29-23-14-10-20(11-15-23)16-26-27-25(28)22-12-8-21(9-13-22)18-30-24-6-4-3-5-7-24/h3-16,19H,17-18H2,1-2H3,(H,27,28)/b26-16+. The third-order valence-corrected chi connectivity index (χ3v) is 5.29. The summed E-state index contributed by atoms with van der Waals surface area (Å²) in [6.07, 6.45) is 1.62. The number of carbonyl (C=O) groups is 1. The second kappa shape index (κ2) is 11.2. The molecule has 5 heteroatoms. The summed E-state index contributed by atoms with van der Waals surface area (Å²) in [6.45, 7) is 4.91. The molecule has 0 aliphatic rings. The number of amides is 1. The van der Waals surface area contributed by atoms with E-state index < -0.39 is 0 Å². The van der Waals surface area contributed by atoms with Crippen LogP contribution < -0.4 is 10.2 Å². The highest BCUT2D eigenvalue weighted by atomic mass is 32.2. The number of hydrogen-bond donors (Lipinski definition) is 1. The van der Waals surface area contributed by atoms with Crippen LogP contribution in [0.4, 0.5) is 0 Å². The van der Waals surface area contributed by atoms with E-state index in [9.17, 15) is 4.79 Å². The zero-order valence-electron chi connectivity index (χ0n) is 17.2. The number of thioether (sulfide) groups is 1. The SMILES string of the molecule is CC(C)COc1ccc(/C=N/NC(=O)c2ccc(CSc3ccccc3)cc2)cc1. The number of hydrazone groups is 1. The molecule has 0 atom stereocenters. The van der Waals surface area contributed by atoms with Gasteiger partial charge >= 0.3 is 0 Å². The molecule has 0 unspecified atom stereocenters. The van der Waals surface area contributed by atoms with Crippen LogP contribution in [0.1, 0.15) is 35.3 Å². The quantitative estimate of drug-likeness (QED) is 0.272. The lowest BCUT2D eigenvalue weighted by Gasteiger charge is -2.08. The van der Waals surface area contributed by atoms with Crippen molar-refractivity contribution in [2.24, 2.45) is 11.0 Å². The Balaban J connectivity index is 1.47. The van der Waals surface area contributed by atoms with Gasteiger partial charge in [-0.2, -0.15) is 5.10 Å². The third kappa shape index (κ3) is 7.08. The molecule has 0 saturated carbocycles. The van der Waals surface area contributed by atoms with Gasteiger partial charge in [-0.05, 0) is 65.6 Å². The molecule has 1 N–H and O–H groups in total. The van der Waals surface area contributed by atoms with E-state index in [2.05, 4.69) is 36.5 Å². The summed E-state index contributed by atoms with van der Waals surface area (Å²) < 4.78 is 5.66. The molecule has 0 spiro atoms. The first kappa shape index (κ1) is 21.7. The molecule has 0 heterocycles. The highest BCUT2D eigenvalue weighted by Gasteiger charge is 2.04. The van der Waals surface area contributed by atoms with E-state index in [1.165, 1.54) is 10.5 Å². The van der Waals surface area contributed by atoms with Crippen LogP contribution in [0.3, 0.4) is 0 Å². The number of hydrogen-bond acceptors (Lipinski definition) is 4. The van der Waals surface area contributed by atoms with E-state index in [1.807, 2.05) is 66.7 Å². The van der Waals surface area contributed by atoms with Gasteiger partial charge in [0.1, 0.15) is 5.75 Å². The lowest BCUT2D eigenvalue weighted by molar-refractivity contribution is 0.0955. The molecule has 0 aliphatic heterocycles. The first-order chi connectivity index (χ1) is 14.6. The van der Waals surface area contributed by atoms with Crippen molar-refractivity contribution in [1.29, 1.82) is 0 Å². The zero-order chi connectivity index (χ0) is 21.2. The van der Waals surface area contributed by atoms with Crippen molar-refractivity contribution < 1.29 is 9.53 Å². The molecule has 0 saturated heterocycles. The van der Waals surface area contributed by atoms with Crippen molar-refractivity contribution in [3.8, 4) is 5.75 Å². The Labute approximate surface area is 182 Å². The summed E-state index contributed by atoms with van der Waals surface area (Å²) in [4.78, 5) is 13.5. The summed E-state index contributed by atoms with van der Waals surface area (Å²) in [6, 6.07) is 25.5. The van der Waals surface area contributed by atoms with Crippen LogP contribution in [-0.4, -0.2) is 18.7 Å². The Morgan fingerprint density at radius 1 is 1.00 bits per heavy atom. The van der Waals surface area contributed by atoms with Gasteiger partial charge in [-0.1, -0.05) is 44.2 Å². The molecule has 3 rings (SSSR count). The van der Waals surface area contributed by atoms with Crippen LogP contribution in [0.15, 0.2) is 88.9 Å². The molecule has 0 fully saturated rings. The fourth-order valence-corrected chi connectivity index (χ4v) is 3.45. The van der Waals surface area contributed by atoms with Crippen molar-refractivity contribution in [3.05, 3.63) is 95.6 Å².